The van der Waals surface area contributed by atoms with Gasteiger partial charge in [-0.3, -0.25) is 0 Å². The van der Waals surface area contributed by atoms with Crippen molar-refractivity contribution in [3.63, 3.8) is 0 Å². The van der Waals surface area contributed by atoms with Crippen LogP contribution in [0.3, 0.4) is 0 Å². The third kappa shape index (κ3) is 3.07. The van der Waals surface area contributed by atoms with Crippen molar-refractivity contribution in [3.05, 3.63) is 57.6 Å². The molecule has 0 saturated carbocycles. The largest absolute Gasteiger partial charge is 0.380 e. The lowest BCUT2D eigenvalue weighted by molar-refractivity contribution is 0.0781. The van der Waals surface area contributed by atoms with Crippen LogP contribution in [0.15, 0.2) is 40.9 Å². The molecule has 98 valence electrons. The second kappa shape index (κ2) is 5.88. The number of aryl methyl sites for hydroxylation is 2. The van der Waals surface area contributed by atoms with E-state index in [1.54, 1.807) is 6.07 Å². The predicted molar refractivity (Wildman–Crippen MR) is 83.4 cm³/mol. The first kappa shape index (κ1) is 14.3. The second-order valence-corrected chi connectivity index (χ2v) is 5.56. The van der Waals surface area contributed by atoms with Gasteiger partial charge in [-0.25, -0.2) is 4.79 Å². The Morgan fingerprint density at radius 2 is 1.84 bits per heavy atom. The molecule has 0 aromatic heterocycles. The van der Waals surface area contributed by atoms with Gasteiger partial charge in [-0.2, -0.15) is 0 Å². The molecule has 0 radical (unpaired) electrons. The van der Waals surface area contributed by atoms with Gasteiger partial charge in [0, 0.05) is 4.47 Å². The van der Waals surface area contributed by atoms with Crippen molar-refractivity contribution in [3.8, 4) is 11.1 Å². The molecule has 2 aromatic carbocycles. The SMILES string of the molecule is Cc1ccc(-c2ccc(C(=O)OBr)c(Br)c2)c(C)c1. The van der Waals surface area contributed by atoms with Crippen LogP contribution in [-0.2, 0) is 3.83 Å². The van der Waals surface area contributed by atoms with Crippen LogP contribution in [0, 0.1) is 13.8 Å². The molecule has 0 spiro atoms. The Morgan fingerprint density at radius 3 is 2.42 bits per heavy atom. The average Bonchev–Trinajstić information content (AvgIpc) is 2.37. The number of carbonyl (C=O) groups excluding carboxylic acids is 1. The van der Waals surface area contributed by atoms with Crippen molar-refractivity contribution in [1.29, 1.82) is 0 Å². The van der Waals surface area contributed by atoms with Gasteiger partial charge in [0.15, 0.2) is 16.3 Å². The fraction of sp³-hybridized carbons (Fsp3) is 0.133. The molecular weight excluding hydrogens is 372 g/mol. The van der Waals surface area contributed by atoms with E-state index in [0.29, 0.717) is 5.56 Å². The third-order valence-electron chi connectivity index (χ3n) is 2.95. The molecule has 2 aromatic rings. The lowest BCUT2D eigenvalue weighted by Crippen LogP contribution is -1.99. The first-order chi connectivity index (χ1) is 9.02. The molecule has 0 atom stereocenters. The minimum Gasteiger partial charge on any atom is -0.380 e. The summed E-state index contributed by atoms with van der Waals surface area (Å²) in [7, 11) is 0. The van der Waals surface area contributed by atoms with E-state index in [0.717, 1.165) is 15.6 Å². The van der Waals surface area contributed by atoms with Crippen molar-refractivity contribution < 1.29 is 8.62 Å². The zero-order valence-corrected chi connectivity index (χ0v) is 13.7. The monoisotopic (exact) mass is 382 g/mol. The Morgan fingerprint density at radius 1 is 1.11 bits per heavy atom. The summed E-state index contributed by atoms with van der Waals surface area (Å²) in [5.41, 5.74) is 5.16. The van der Waals surface area contributed by atoms with Crippen LogP contribution in [0.4, 0.5) is 0 Å². The lowest BCUT2D eigenvalue weighted by Gasteiger charge is -2.09. The zero-order valence-electron chi connectivity index (χ0n) is 10.5. The standard InChI is InChI=1S/C15H12Br2O2/c1-9-3-5-12(10(2)7-9)11-4-6-13(14(16)8-11)15(18)19-17/h3-8H,1-2H3. The molecule has 0 unspecified atom stereocenters. The molecule has 2 rings (SSSR count). The normalized spacial score (nSPS) is 10.3. The molecule has 4 heteroatoms. The van der Waals surface area contributed by atoms with E-state index in [9.17, 15) is 4.79 Å². The number of hydrogen-bond donors (Lipinski definition) is 0. The van der Waals surface area contributed by atoms with Gasteiger partial charge in [-0.15, -0.1) is 0 Å². The van der Waals surface area contributed by atoms with Crippen molar-refractivity contribution in [1.82, 2.24) is 0 Å². The average molecular weight is 384 g/mol. The van der Waals surface area contributed by atoms with Crippen LogP contribution in [0.5, 0.6) is 0 Å². The van der Waals surface area contributed by atoms with E-state index < -0.39 is 5.97 Å². The molecule has 0 amide bonds. The molecule has 0 N–H and O–H groups in total. The number of halogens is 2. The summed E-state index contributed by atoms with van der Waals surface area (Å²) in [4.78, 5) is 11.5. The molecule has 0 bridgehead atoms. The lowest BCUT2D eigenvalue weighted by atomic mass is 9.98. The number of hydrogen-bond acceptors (Lipinski definition) is 2. The van der Waals surface area contributed by atoms with Gasteiger partial charge in [0.2, 0.25) is 0 Å². The quantitative estimate of drug-likeness (QED) is 0.712. The molecule has 19 heavy (non-hydrogen) atoms. The fourth-order valence-electron chi connectivity index (χ4n) is 2.03. The summed E-state index contributed by atoms with van der Waals surface area (Å²) in [6, 6.07) is 11.9. The van der Waals surface area contributed by atoms with Crippen LogP contribution in [0.1, 0.15) is 21.5 Å². The predicted octanol–water partition coefficient (Wildman–Crippen LogP) is 5.20. The Balaban J connectivity index is 2.47. The second-order valence-electron chi connectivity index (χ2n) is 4.38. The van der Waals surface area contributed by atoms with Crippen LogP contribution in [0.2, 0.25) is 0 Å². The van der Waals surface area contributed by atoms with Crippen LogP contribution >= 0.6 is 32.2 Å². The molecule has 0 aliphatic rings. The summed E-state index contributed by atoms with van der Waals surface area (Å²) < 4.78 is 5.26. The minimum absolute atomic E-state index is 0.418. The van der Waals surface area contributed by atoms with Gasteiger partial charge in [-0.1, -0.05) is 29.8 Å². The van der Waals surface area contributed by atoms with E-state index >= 15 is 0 Å². The molecule has 0 saturated heterocycles. The van der Waals surface area contributed by atoms with Crippen LogP contribution in [0.25, 0.3) is 11.1 Å². The van der Waals surface area contributed by atoms with E-state index in [1.165, 1.54) is 11.1 Å². The Hall–Kier alpha value is -1.13. The highest BCUT2D eigenvalue weighted by molar-refractivity contribution is 9.10. The zero-order chi connectivity index (χ0) is 14.0. The Bertz CT molecular complexity index is 636. The molecule has 0 aliphatic carbocycles. The van der Waals surface area contributed by atoms with Crippen molar-refractivity contribution in [2.45, 2.75) is 13.8 Å². The Labute approximate surface area is 129 Å². The van der Waals surface area contributed by atoms with Crippen molar-refractivity contribution in [2.24, 2.45) is 0 Å². The summed E-state index contributed by atoms with van der Waals surface area (Å²) in [6.45, 7) is 4.15. The first-order valence-electron chi connectivity index (χ1n) is 5.73. The summed E-state index contributed by atoms with van der Waals surface area (Å²) in [5, 5.41) is 0. The summed E-state index contributed by atoms with van der Waals surface area (Å²) in [6.07, 6.45) is 0. The van der Waals surface area contributed by atoms with E-state index in [1.807, 2.05) is 12.1 Å². The molecule has 0 aliphatic heterocycles. The van der Waals surface area contributed by atoms with Crippen molar-refractivity contribution in [2.75, 3.05) is 0 Å². The van der Waals surface area contributed by atoms with E-state index in [4.69, 9.17) is 0 Å². The topological polar surface area (TPSA) is 26.3 Å². The van der Waals surface area contributed by atoms with Gasteiger partial charge in [0.1, 0.15) is 0 Å². The summed E-state index contributed by atoms with van der Waals surface area (Å²) in [5.74, 6) is -0.418. The first-order valence-corrected chi connectivity index (χ1v) is 7.17. The number of rotatable bonds is 2. The number of benzene rings is 2. The Kier molecular flexibility index (Phi) is 4.42. The third-order valence-corrected chi connectivity index (χ3v) is 3.90. The van der Waals surface area contributed by atoms with Crippen LogP contribution in [-0.4, -0.2) is 5.97 Å². The van der Waals surface area contributed by atoms with Crippen molar-refractivity contribution >= 4 is 38.2 Å². The van der Waals surface area contributed by atoms with Crippen LogP contribution < -0.4 is 0 Å². The molecule has 0 heterocycles. The van der Waals surface area contributed by atoms with E-state index in [-0.39, 0.29) is 0 Å². The smallest absolute Gasteiger partial charge is 0.350 e. The fourth-order valence-corrected chi connectivity index (χ4v) is 2.74. The maximum Gasteiger partial charge on any atom is 0.350 e. The van der Waals surface area contributed by atoms with E-state index in [2.05, 4.69) is 68.1 Å². The molecule has 0 fully saturated rings. The minimum atomic E-state index is -0.418. The van der Waals surface area contributed by atoms with Gasteiger partial charge < -0.3 is 3.83 Å². The highest BCUT2D eigenvalue weighted by Gasteiger charge is 2.12. The highest BCUT2D eigenvalue weighted by atomic mass is 79.9. The molecular formula is C15H12Br2O2. The van der Waals surface area contributed by atoms with Gasteiger partial charge in [0.05, 0.1) is 5.56 Å². The van der Waals surface area contributed by atoms with Gasteiger partial charge in [-0.05, 0) is 58.6 Å². The number of carbonyl (C=O) groups is 1. The molecule has 2 nitrogen and oxygen atoms in total. The highest BCUT2D eigenvalue weighted by Crippen LogP contribution is 2.29. The maximum atomic E-state index is 11.5. The van der Waals surface area contributed by atoms with Gasteiger partial charge >= 0.3 is 5.97 Å². The maximum absolute atomic E-state index is 11.5. The summed E-state index contributed by atoms with van der Waals surface area (Å²) >= 11 is 6.10. The van der Waals surface area contributed by atoms with Gasteiger partial charge in [0.25, 0.3) is 0 Å².